The molecule has 29 heavy (non-hydrogen) atoms. The van der Waals surface area contributed by atoms with Gasteiger partial charge in [0.2, 0.25) is 0 Å². The molecule has 0 fully saturated rings. The molecule has 0 spiro atoms. The number of urea groups is 1. The zero-order valence-corrected chi connectivity index (χ0v) is 15.2. The first-order valence-electron chi connectivity index (χ1n) is 8.41. The Morgan fingerprint density at radius 3 is 2.34 bits per heavy atom. The number of nitrogens with one attached hydrogen (secondary N) is 1. The van der Waals surface area contributed by atoms with Crippen LogP contribution in [0.15, 0.2) is 54.7 Å². The molecule has 0 aliphatic rings. The molecular weight excluding hydrogens is 376 g/mol. The van der Waals surface area contributed by atoms with Crippen LogP contribution in [0.5, 0.6) is 5.75 Å². The molecule has 0 radical (unpaired) electrons. The first kappa shape index (κ1) is 19.4. The highest BCUT2D eigenvalue weighted by Crippen LogP contribution is 2.25. The number of hydrogen-bond donors (Lipinski definition) is 4. The van der Waals surface area contributed by atoms with E-state index in [0.29, 0.717) is 11.4 Å². The highest BCUT2D eigenvalue weighted by molar-refractivity contribution is 6.00. The number of nitrogens with two attached hydrogens (primary N) is 3. The summed E-state index contributed by atoms with van der Waals surface area (Å²) < 4.78 is 6.72. The molecule has 10 heteroatoms. The standard InChI is InChI=1S/C19H18N6O4/c20-16(26)10-29-14-3-1-2-12(8-14)11-4-6-13(7-5-11)25-9-15(23-19(22)28)17(24-25)18(21)27/h1-9H,10H2,(H2,20,26)(H2,21,27)(H3,22,23,28). The Balaban J connectivity index is 1.85. The second-order valence-corrected chi connectivity index (χ2v) is 6.02. The molecule has 3 aromatic rings. The predicted octanol–water partition coefficient (Wildman–Crippen LogP) is 0.993. The topological polar surface area (TPSA) is 168 Å². The Morgan fingerprint density at radius 1 is 1.00 bits per heavy atom. The van der Waals surface area contributed by atoms with E-state index in [-0.39, 0.29) is 18.0 Å². The van der Waals surface area contributed by atoms with Crippen LogP contribution in [0.1, 0.15) is 10.5 Å². The third-order valence-electron chi connectivity index (χ3n) is 3.89. The van der Waals surface area contributed by atoms with E-state index in [2.05, 4.69) is 10.4 Å². The summed E-state index contributed by atoms with van der Waals surface area (Å²) in [5.74, 6) is -0.831. The first-order valence-corrected chi connectivity index (χ1v) is 8.41. The van der Waals surface area contributed by atoms with Crippen molar-refractivity contribution in [2.45, 2.75) is 0 Å². The number of amides is 4. The number of primary amides is 3. The summed E-state index contributed by atoms with van der Waals surface area (Å²) in [6.07, 6.45) is 1.44. The fraction of sp³-hybridized carbons (Fsp3) is 0.0526. The van der Waals surface area contributed by atoms with Gasteiger partial charge in [-0.05, 0) is 35.4 Å². The number of anilines is 1. The van der Waals surface area contributed by atoms with Crippen molar-refractivity contribution in [3.05, 3.63) is 60.4 Å². The lowest BCUT2D eigenvalue weighted by atomic mass is 10.1. The minimum Gasteiger partial charge on any atom is -0.484 e. The van der Waals surface area contributed by atoms with Crippen molar-refractivity contribution in [1.82, 2.24) is 9.78 Å². The Kier molecular flexibility index (Phi) is 5.44. The minimum absolute atomic E-state index is 0.104. The van der Waals surface area contributed by atoms with Gasteiger partial charge in [0.15, 0.2) is 12.3 Å². The molecule has 7 N–H and O–H groups in total. The van der Waals surface area contributed by atoms with Crippen LogP contribution in [0.25, 0.3) is 16.8 Å². The van der Waals surface area contributed by atoms with Crippen molar-refractivity contribution < 1.29 is 19.1 Å². The maximum atomic E-state index is 11.5. The summed E-state index contributed by atoms with van der Waals surface area (Å²) in [7, 11) is 0. The molecule has 2 aromatic carbocycles. The largest absolute Gasteiger partial charge is 0.484 e. The highest BCUT2D eigenvalue weighted by atomic mass is 16.5. The maximum Gasteiger partial charge on any atom is 0.316 e. The van der Waals surface area contributed by atoms with Crippen LogP contribution in [0.2, 0.25) is 0 Å². The van der Waals surface area contributed by atoms with E-state index in [9.17, 15) is 14.4 Å². The molecule has 0 aliphatic heterocycles. The molecule has 0 bridgehead atoms. The molecule has 148 valence electrons. The van der Waals surface area contributed by atoms with Gasteiger partial charge in [-0.3, -0.25) is 9.59 Å². The molecule has 4 amide bonds. The zero-order chi connectivity index (χ0) is 21.0. The van der Waals surface area contributed by atoms with Crippen LogP contribution in [-0.2, 0) is 4.79 Å². The Bertz CT molecular complexity index is 1070. The summed E-state index contributed by atoms with van der Waals surface area (Å²) in [5, 5.41) is 6.41. The van der Waals surface area contributed by atoms with Crippen molar-refractivity contribution in [1.29, 1.82) is 0 Å². The number of rotatable bonds is 7. The van der Waals surface area contributed by atoms with Crippen molar-refractivity contribution in [3.8, 4) is 22.6 Å². The zero-order valence-electron chi connectivity index (χ0n) is 15.2. The maximum absolute atomic E-state index is 11.5. The third kappa shape index (κ3) is 4.69. The van der Waals surface area contributed by atoms with E-state index in [1.165, 1.54) is 10.9 Å². The van der Waals surface area contributed by atoms with Crippen molar-refractivity contribution in [2.24, 2.45) is 17.2 Å². The number of hydrogen-bond acceptors (Lipinski definition) is 5. The molecule has 0 unspecified atom stereocenters. The number of carbonyl (C=O) groups excluding carboxylic acids is 3. The van der Waals surface area contributed by atoms with Crippen LogP contribution in [0.3, 0.4) is 0 Å². The van der Waals surface area contributed by atoms with E-state index < -0.39 is 17.8 Å². The van der Waals surface area contributed by atoms with Crippen LogP contribution >= 0.6 is 0 Å². The molecule has 0 saturated carbocycles. The van der Waals surface area contributed by atoms with Gasteiger partial charge in [0.1, 0.15) is 5.75 Å². The van der Waals surface area contributed by atoms with E-state index in [4.69, 9.17) is 21.9 Å². The van der Waals surface area contributed by atoms with Gasteiger partial charge in [-0.1, -0.05) is 24.3 Å². The molecule has 0 saturated heterocycles. The molecule has 3 rings (SSSR count). The minimum atomic E-state index is -0.833. The first-order chi connectivity index (χ1) is 13.8. The van der Waals surface area contributed by atoms with Crippen LogP contribution in [0.4, 0.5) is 10.5 Å². The summed E-state index contributed by atoms with van der Waals surface area (Å²) in [4.78, 5) is 33.5. The number of ether oxygens (including phenoxy) is 1. The second-order valence-electron chi connectivity index (χ2n) is 6.02. The van der Waals surface area contributed by atoms with Crippen molar-refractivity contribution >= 4 is 23.5 Å². The quantitative estimate of drug-likeness (QED) is 0.468. The van der Waals surface area contributed by atoms with E-state index in [0.717, 1.165) is 11.1 Å². The summed E-state index contributed by atoms with van der Waals surface area (Å²) in [6, 6.07) is 13.6. The number of carbonyl (C=O) groups is 3. The van der Waals surface area contributed by atoms with E-state index in [1.807, 2.05) is 18.2 Å². The van der Waals surface area contributed by atoms with Crippen molar-refractivity contribution in [2.75, 3.05) is 11.9 Å². The third-order valence-corrected chi connectivity index (χ3v) is 3.89. The molecule has 1 heterocycles. The molecule has 10 nitrogen and oxygen atoms in total. The molecular formula is C19H18N6O4. The molecule has 1 aromatic heterocycles. The second kappa shape index (κ2) is 8.13. The SMILES string of the molecule is NC(=O)COc1cccc(-c2ccc(-n3cc(NC(N)=O)c(C(N)=O)n3)cc2)c1. The Labute approximate surface area is 165 Å². The van der Waals surface area contributed by atoms with E-state index in [1.54, 1.807) is 30.3 Å². The number of nitrogens with zero attached hydrogens (tertiary/aromatic N) is 2. The van der Waals surface area contributed by atoms with Gasteiger partial charge < -0.3 is 27.3 Å². The summed E-state index contributed by atoms with van der Waals surface area (Å²) in [5.41, 5.74) is 17.9. The Morgan fingerprint density at radius 2 is 1.72 bits per heavy atom. The van der Waals surface area contributed by atoms with Crippen LogP contribution in [0, 0.1) is 0 Å². The molecule has 0 aliphatic carbocycles. The van der Waals surface area contributed by atoms with Crippen LogP contribution < -0.4 is 27.3 Å². The number of aromatic nitrogens is 2. The fourth-order valence-corrected chi connectivity index (χ4v) is 2.64. The van der Waals surface area contributed by atoms with Gasteiger partial charge in [-0.25, -0.2) is 9.48 Å². The van der Waals surface area contributed by atoms with Gasteiger partial charge in [-0.2, -0.15) is 5.10 Å². The lowest BCUT2D eigenvalue weighted by Crippen LogP contribution is -2.22. The lowest BCUT2D eigenvalue weighted by molar-refractivity contribution is -0.119. The fourth-order valence-electron chi connectivity index (χ4n) is 2.64. The summed E-state index contributed by atoms with van der Waals surface area (Å²) in [6.45, 7) is -0.203. The van der Waals surface area contributed by atoms with Crippen LogP contribution in [-0.4, -0.2) is 34.2 Å². The monoisotopic (exact) mass is 394 g/mol. The lowest BCUT2D eigenvalue weighted by Gasteiger charge is -2.08. The predicted molar refractivity (Wildman–Crippen MR) is 105 cm³/mol. The van der Waals surface area contributed by atoms with E-state index >= 15 is 0 Å². The molecule has 0 atom stereocenters. The Hall–Kier alpha value is -4.34. The van der Waals surface area contributed by atoms with Gasteiger partial charge in [0, 0.05) is 0 Å². The highest BCUT2D eigenvalue weighted by Gasteiger charge is 2.16. The van der Waals surface area contributed by atoms with Crippen molar-refractivity contribution in [3.63, 3.8) is 0 Å². The summed E-state index contributed by atoms with van der Waals surface area (Å²) >= 11 is 0. The number of benzene rings is 2. The van der Waals surface area contributed by atoms with Gasteiger partial charge in [0.05, 0.1) is 17.6 Å². The average molecular weight is 394 g/mol. The average Bonchev–Trinajstić information content (AvgIpc) is 3.10. The van der Waals surface area contributed by atoms with Gasteiger partial charge in [0.25, 0.3) is 11.8 Å². The van der Waals surface area contributed by atoms with Gasteiger partial charge in [-0.15, -0.1) is 0 Å². The smallest absolute Gasteiger partial charge is 0.316 e. The van der Waals surface area contributed by atoms with Gasteiger partial charge >= 0.3 is 6.03 Å². The normalized spacial score (nSPS) is 10.3.